The van der Waals surface area contributed by atoms with E-state index in [1.165, 1.54) is 5.56 Å². The van der Waals surface area contributed by atoms with Gasteiger partial charge in [0.15, 0.2) is 0 Å². The third-order valence-electron chi connectivity index (χ3n) is 1.54. The summed E-state index contributed by atoms with van der Waals surface area (Å²) in [6.45, 7) is 0. The van der Waals surface area contributed by atoms with E-state index in [1.807, 2.05) is 24.3 Å². The number of hydrogen-bond donors (Lipinski definition) is 0. The van der Waals surface area contributed by atoms with E-state index in [2.05, 4.69) is 4.74 Å². The number of hydrogen-bond acceptors (Lipinski definition) is 3. The number of carbonyl (C=O) groups excluding carboxylic acids is 1. The van der Waals surface area contributed by atoms with Gasteiger partial charge in [0.25, 0.3) is 0 Å². The third-order valence-corrected chi connectivity index (χ3v) is 2.38. The van der Waals surface area contributed by atoms with Crippen LogP contribution in [0.25, 0.3) is 0 Å². The van der Waals surface area contributed by atoms with Crippen molar-refractivity contribution in [3.8, 4) is 0 Å². The molecule has 0 aliphatic heterocycles. The monoisotopic (exact) mass is 228 g/mol. The Balaban J connectivity index is 0.000000583. The van der Waals surface area contributed by atoms with E-state index in [0.717, 1.165) is 18.0 Å². The fourth-order valence-corrected chi connectivity index (χ4v) is 1.42. The molecule has 1 unspecified atom stereocenters. The van der Waals surface area contributed by atoms with Crippen molar-refractivity contribution < 1.29 is 14.1 Å². The minimum absolute atomic E-state index is 0.501. The summed E-state index contributed by atoms with van der Waals surface area (Å²) in [5, 5.41) is 0. The molecule has 1 aromatic rings. The van der Waals surface area contributed by atoms with E-state index in [4.69, 9.17) is 4.52 Å². The average Bonchev–Trinajstić information content (AvgIpc) is 2.28. The molecule has 0 heterocycles. The summed E-state index contributed by atoms with van der Waals surface area (Å²) >= 11 is 0. The molecule has 4 heteroatoms. The lowest BCUT2D eigenvalue weighted by atomic mass is 10.2. The van der Waals surface area contributed by atoms with Crippen LogP contribution >= 0.6 is 8.81 Å². The van der Waals surface area contributed by atoms with Crippen molar-refractivity contribution in [2.75, 3.05) is 21.3 Å². The highest BCUT2D eigenvalue weighted by Gasteiger charge is 1.92. The fraction of sp³-hybridized carbons (Fsp3) is 0.364. The van der Waals surface area contributed by atoms with E-state index in [9.17, 15) is 4.79 Å². The average molecular weight is 228 g/mol. The van der Waals surface area contributed by atoms with E-state index >= 15 is 0 Å². The molecule has 0 fully saturated rings. The van der Waals surface area contributed by atoms with Crippen LogP contribution in [0.5, 0.6) is 0 Å². The van der Waals surface area contributed by atoms with Gasteiger partial charge in [-0.25, -0.2) is 0 Å². The van der Waals surface area contributed by atoms with Crippen LogP contribution in [-0.4, -0.2) is 27.6 Å². The van der Waals surface area contributed by atoms with Gasteiger partial charge in [-0.15, -0.1) is 0 Å². The van der Waals surface area contributed by atoms with Gasteiger partial charge in [-0.2, -0.15) is 0 Å². The first-order valence-corrected chi connectivity index (χ1v) is 5.60. The summed E-state index contributed by atoms with van der Waals surface area (Å²) in [6.07, 6.45) is 1.78. The Hall–Kier alpha value is -0.760. The van der Waals surface area contributed by atoms with Crippen LogP contribution < -0.4 is 0 Å². The number of rotatable bonds is 4. The second-order valence-electron chi connectivity index (χ2n) is 2.79. The van der Waals surface area contributed by atoms with E-state index in [-0.39, 0.29) is 0 Å². The summed E-state index contributed by atoms with van der Waals surface area (Å²) in [7, 11) is 5.44. The topological polar surface area (TPSA) is 35.5 Å². The minimum Gasteiger partial charge on any atom is -0.388 e. The molecule has 0 saturated heterocycles. The molecule has 1 aromatic carbocycles. The van der Waals surface area contributed by atoms with E-state index < -0.39 is 0 Å². The first-order chi connectivity index (χ1) is 7.28. The highest BCUT2D eigenvalue weighted by atomic mass is 31.1. The van der Waals surface area contributed by atoms with Gasteiger partial charge in [0.2, 0.25) is 0 Å². The maximum Gasteiger partial charge on any atom is 0.150 e. The first kappa shape index (κ1) is 14.2. The standard InChI is InChI=1S/C9H11O2P.C2H6O/c1-11-12-7-9-4-2-8(6-10)3-5-9;1-3-2/h2-6,12H,7H2,1H3;1-2H3. The molecule has 0 bridgehead atoms. The van der Waals surface area contributed by atoms with Crippen molar-refractivity contribution >= 4 is 15.1 Å². The molecule has 1 atom stereocenters. The summed E-state index contributed by atoms with van der Waals surface area (Å²) in [5.74, 6) is 0. The number of methoxy groups -OCH3 is 1. The highest BCUT2D eigenvalue weighted by Crippen LogP contribution is 2.18. The smallest absolute Gasteiger partial charge is 0.150 e. The maximum atomic E-state index is 10.3. The molecule has 84 valence electrons. The maximum absolute atomic E-state index is 10.3. The molecule has 0 aromatic heterocycles. The summed E-state index contributed by atoms with van der Waals surface area (Å²) in [5.41, 5.74) is 1.93. The largest absolute Gasteiger partial charge is 0.388 e. The van der Waals surface area contributed by atoms with Crippen LogP contribution in [0.2, 0.25) is 0 Å². The molecular formula is C11H17O3P. The van der Waals surface area contributed by atoms with Gasteiger partial charge in [-0.05, 0) is 5.56 Å². The zero-order chi connectivity index (χ0) is 11.5. The Morgan fingerprint density at radius 3 is 2.13 bits per heavy atom. The van der Waals surface area contributed by atoms with Crippen LogP contribution in [-0.2, 0) is 15.4 Å². The Kier molecular flexibility index (Phi) is 9.29. The predicted molar refractivity (Wildman–Crippen MR) is 63.8 cm³/mol. The molecule has 15 heavy (non-hydrogen) atoms. The molecule has 0 spiro atoms. The molecule has 0 radical (unpaired) electrons. The van der Waals surface area contributed by atoms with Crippen molar-refractivity contribution in [2.45, 2.75) is 6.16 Å². The molecule has 0 aliphatic carbocycles. The van der Waals surface area contributed by atoms with Gasteiger partial charge in [0.1, 0.15) is 6.29 Å². The predicted octanol–water partition coefficient (Wildman–Crippen LogP) is 2.50. The zero-order valence-electron chi connectivity index (χ0n) is 9.32. The normalized spacial score (nSPS) is 9.80. The van der Waals surface area contributed by atoms with Gasteiger partial charge < -0.3 is 9.26 Å². The quantitative estimate of drug-likeness (QED) is 0.586. The Bertz CT molecular complexity index is 259. The van der Waals surface area contributed by atoms with Crippen molar-refractivity contribution in [2.24, 2.45) is 0 Å². The number of benzene rings is 1. The van der Waals surface area contributed by atoms with E-state index in [0.29, 0.717) is 8.81 Å². The molecule has 0 amide bonds. The van der Waals surface area contributed by atoms with Crippen molar-refractivity contribution in [3.05, 3.63) is 35.4 Å². The van der Waals surface area contributed by atoms with Crippen LogP contribution in [0.15, 0.2) is 24.3 Å². The Morgan fingerprint density at radius 1 is 1.20 bits per heavy atom. The lowest BCUT2D eigenvalue weighted by Gasteiger charge is -1.99. The molecule has 1 rings (SSSR count). The van der Waals surface area contributed by atoms with Gasteiger partial charge in [-0.3, -0.25) is 4.79 Å². The van der Waals surface area contributed by atoms with Crippen molar-refractivity contribution in [3.63, 3.8) is 0 Å². The Morgan fingerprint density at radius 2 is 1.73 bits per heavy atom. The van der Waals surface area contributed by atoms with Crippen LogP contribution in [0.1, 0.15) is 15.9 Å². The molecule has 0 N–H and O–H groups in total. The van der Waals surface area contributed by atoms with Gasteiger partial charge in [0, 0.05) is 41.9 Å². The second kappa shape index (κ2) is 9.78. The molecule has 0 saturated carbocycles. The van der Waals surface area contributed by atoms with Crippen LogP contribution in [0, 0.1) is 0 Å². The SMILES string of the molecule is COC.COPCc1ccc(C=O)cc1. The van der Waals surface area contributed by atoms with Crippen molar-refractivity contribution in [1.82, 2.24) is 0 Å². The Labute approximate surface area is 92.7 Å². The third kappa shape index (κ3) is 7.20. The number of carbonyl (C=O) groups is 1. The van der Waals surface area contributed by atoms with E-state index in [1.54, 1.807) is 21.3 Å². The molecular weight excluding hydrogens is 211 g/mol. The minimum atomic E-state index is 0.501. The van der Waals surface area contributed by atoms with Gasteiger partial charge in [-0.1, -0.05) is 24.3 Å². The second-order valence-corrected chi connectivity index (χ2v) is 3.84. The molecule has 3 nitrogen and oxygen atoms in total. The summed E-state index contributed by atoms with van der Waals surface area (Å²) < 4.78 is 9.21. The first-order valence-electron chi connectivity index (χ1n) is 4.48. The lowest BCUT2D eigenvalue weighted by molar-refractivity contribution is 0.112. The van der Waals surface area contributed by atoms with Gasteiger partial charge in [0.05, 0.1) is 0 Å². The zero-order valence-corrected chi connectivity index (χ0v) is 10.3. The fourth-order valence-electron chi connectivity index (χ4n) is 0.870. The van der Waals surface area contributed by atoms with Gasteiger partial charge >= 0.3 is 0 Å². The van der Waals surface area contributed by atoms with Crippen molar-refractivity contribution in [1.29, 1.82) is 0 Å². The lowest BCUT2D eigenvalue weighted by Crippen LogP contribution is -1.82. The summed E-state index contributed by atoms with van der Waals surface area (Å²) in [6, 6.07) is 7.55. The summed E-state index contributed by atoms with van der Waals surface area (Å²) in [4.78, 5) is 10.3. The van der Waals surface area contributed by atoms with Crippen LogP contribution in [0.3, 0.4) is 0 Å². The number of aldehydes is 1. The molecule has 0 aliphatic rings. The number of ether oxygens (including phenoxy) is 1. The highest BCUT2D eigenvalue weighted by molar-refractivity contribution is 7.31. The van der Waals surface area contributed by atoms with Crippen LogP contribution in [0.4, 0.5) is 0 Å².